The van der Waals surface area contributed by atoms with Gasteiger partial charge in [0.1, 0.15) is 11.5 Å². The fourth-order valence-electron chi connectivity index (χ4n) is 1.94. The Balaban J connectivity index is 3.14. The van der Waals surface area contributed by atoms with E-state index < -0.39 is 22.4 Å². The van der Waals surface area contributed by atoms with E-state index >= 15 is 0 Å². The molecule has 1 rings (SSSR count). The smallest absolute Gasteiger partial charge is 0.340 e. The van der Waals surface area contributed by atoms with Crippen LogP contribution >= 0.6 is 0 Å². The third kappa shape index (κ3) is 4.40. The number of nitrogens with zero attached hydrogens (tertiary/aromatic N) is 1. The largest absolute Gasteiger partial charge is 0.465 e. The predicted molar refractivity (Wildman–Crippen MR) is 77.0 cm³/mol. The number of hydrogen-bond acceptors (Lipinski definition) is 5. The van der Waals surface area contributed by atoms with Gasteiger partial charge in [0.05, 0.1) is 23.7 Å². The van der Waals surface area contributed by atoms with Crippen LogP contribution in [0.1, 0.15) is 43.5 Å². The molecule has 0 aliphatic carbocycles. The van der Waals surface area contributed by atoms with Crippen molar-refractivity contribution in [3.05, 3.63) is 33.6 Å². The summed E-state index contributed by atoms with van der Waals surface area (Å²) in [5.74, 6) is -1.84. The monoisotopic (exact) mass is 298 g/mol. The molecular formula is C14H19FN2O4. The van der Waals surface area contributed by atoms with Crippen LogP contribution in [0.25, 0.3) is 0 Å². The number of methoxy groups -OCH3 is 1. The van der Waals surface area contributed by atoms with Gasteiger partial charge in [-0.25, -0.2) is 9.18 Å². The Kier molecular flexibility index (Phi) is 6.08. The number of carbonyl (C=O) groups excluding carboxylic acids is 1. The molecular weight excluding hydrogens is 279 g/mol. The van der Waals surface area contributed by atoms with Gasteiger partial charge in [0, 0.05) is 6.04 Å². The minimum atomic E-state index is -0.972. The van der Waals surface area contributed by atoms with Crippen molar-refractivity contribution in [2.45, 2.75) is 39.2 Å². The number of nitro groups is 1. The molecule has 0 aliphatic heterocycles. The Labute approximate surface area is 122 Å². The number of unbranched alkanes of at least 4 members (excludes halogenated alkanes) is 1. The van der Waals surface area contributed by atoms with E-state index in [2.05, 4.69) is 10.1 Å². The Hall–Kier alpha value is -2.18. The molecule has 1 atom stereocenters. The Morgan fingerprint density at radius 2 is 2.19 bits per heavy atom. The van der Waals surface area contributed by atoms with Crippen molar-refractivity contribution in [3.8, 4) is 0 Å². The highest BCUT2D eigenvalue weighted by Crippen LogP contribution is 2.29. The van der Waals surface area contributed by atoms with Crippen LogP contribution in [-0.2, 0) is 4.74 Å². The number of rotatable bonds is 7. The summed E-state index contributed by atoms with van der Waals surface area (Å²) in [7, 11) is 1.13. The van der Waals surface area contributed by atoms with Gasteiger partial charge in [0.25, 0.3) is 5.69 Å². The molecule has 1 aromatic rings. The molecule has 6 nitrogen and oxygen atoms in total. The van der Waals surface area contributed by atoms with Crippen molar-refractivity contribution in [3.63, 3.8) is 0 Å². The van der Waals surface area contributed by atoms with E-state index in [0.717, 1.165) is 38.5 Å². The first kappa shape index (κ1) is 16.9. The van der Waals surface area contributed by atoms with E-state index in [0.29, 0.717) is 0 Å². The van der Waals surface area contributed by atoms with Crippen molar-refractivity contribution in [1.29, 1.82) is 0 Å². The number of nitrogens with one attached hydrogen (secondary N) is 1. The number of anilines is 1. The maximum absolute atomic E-state index is 13.7. The highest BCUT2D eigenvalue weighted by atomic mass is 19.1. The third-order valence-corrected chi connectivity index (χ3v) is 3.08. The number of carbonyl (C=O) groups is 1. The molecule has 0 amide bonds. The van der Waals surface area contributed by atoms with Gasteiger partial charge in [-0.1, -0.05) is 19.8 Å². The van der Waals surface area contributed by atoms with Crippen LogP contribution in [0.15, 0.2) is 12.1 Å². The van der Waals surface area contributed by atoms with Crippen LogP contribution < -0.4 is 5.32 Å². The molecule has 1 N–H and O–H groups in total. The average molecular weight is 298 g/mol. The van der Waals surface area contributed by atoms with Crippen LogP contribution in [0, 0.1) is 15.9 Å². The lowest BCUT2D eigenvalue weighted by molar-refractivity contribution is -0.384. The molecule has 1 unspecified atom stereocenters. The van der Waals surface area contributed by atoms with E-state index in [4.69, 9.17) is 0 Å². The molecule has 0 saturated heterocycles. The van der Waals surface area contributed by atoms with Crippen molar-refractivity contribution >= 4 is 17.3 Å². The van der Waals surface area contributed by atoms with E-state index in [1.54, 1.807) is 0 Å². The van der Waals surface area contributed by atoms with E-state index in [9.17, 15) is 19.3 Å². The summed E-state index contributed by atoms with van der Waals surface area (Å²) < 4.78 is 18.2. The Morgan fingerprint density at radius 3 is 2.71 bits per heavy atom. The lowest BCUT2D eigenvalue weighted by atomic mass is 10.1. The summed E-state index contributed by atoms with van der Waals surface area (Å²) >= 11 is 0. The van der Waals surface area contributed by atoms with Crippen LogP contribution in [0.2, 0.25) is 0 Å². The maximum Gasteiger partial charge on any atom is 0.340 e. The Bertz CT molecular complexity index is 534. The molecule has 0 fully saturated rings. The zero-order chi connectivity index (χ0) is 16.0. The number of nitro benzene ring substituents is 1. The SMILES string of the molecule is CCCCC(C)Nc1cc(C(=O)OC)c(F)cc1[N+](=O)[O-]. The molecule has 116 valence electrons. The maximum atomic E-state index is 13.7. The Morgan fingerprint density at radius 1 is 1.52 bits per heavy atom. The van der Waals surface area contributed by atoms with Gasteiger partial charge in [0.2, 0.25) is 0 Å². The minimum Gasteiger partial charge on any atom is -0.465 e. The molecule has 0 spiro atoms. The predicted octanol–water partition coefficient (Wildman–Crippen LogP) is 3.51. The summed E-state index contributed by atoms with van der Waals surface area (Å²) in [4.78, 5) is 21.8. The van der Waals surface area contributed by atoms with Gasteiger partial charge < -0.3 is 10.1 Å². The topological polar surface area (TPSA) is 81.5 Å². The molecule has 0 bridgehead atoms. The lowest BCUT2D eigenvalue weighted by Gasteiger charge is -2.15. The normalized spacial score (nSPS) is 11.8. The highest BCUT2D eigenvalue weighted by Gasteiger charge is 2.23. The average Bonchev–Trinajstić information content (AvgIpc) is 2.45. The molecule has 0 aromatic heterocycles. The zero-order valence-electron chi connectivity index (χ0n) is 12.3. The van der Waals surface area contributed by atoms with Gasteiger partial charge in [0.15, 0.2) is 0 Å². The van der Waals surface area contributed by atoms with Crippen molar-refractivity contribution in [2.24, 2.45) is 0 Å². The van der Waals surface area contributed by atoms with Crippen molar-refractivity contribution in [2.75, 3.05) is 12.4 Å². The molecule has 0 radical (unpaired) electrons. The van der Waals surface area contributed by atoms with Crippen LogP contribution in [0.5, 0.6) is 0 Å². The number of ether oxygens (including phenoxy) is 1. The van der Waals surface area contributed by atoms with Gasteiger partial charge in [-0.2, -0.15) is 0 Å². The molecule has 0 heterocycles. The first-order valence-corrected chi connectivity index (χ1v) is 6.73. The van der Waals surface area contributed by atoms with E-state index in [-0.39, 0.29) is 17.3 Å². The van der Waals surface area contributed by atoms with Gasteiger partial charge >= 0.3 is 5.97 Å². The molecule has 1 aromatic carbocycles. The number of halogens is 1. The van der Waals surface area contributed by atoms with Gasteiger partial charge in [-0.05, 0) is 19.4 Å². The van der Waals surface area contributed by atoms with Gasteiger partial charge in [-0.15, -0.1) is 0 Å². The summed E-state index contributed by atoms with van der Waals surface area (Å²) in [6, 6.07) is 1.84. The van der Waals surface area contributed by atoms with Gasteiger partial charge in [-0.3, -0.25) is 10.1 Å². The summed E-state index contributed by atoms with van der Waals surface area (Å²) in [6.45, 7) is 3.92. The molecule has 0 aliphatic rings. The van der Waals surface area contributed by atoms with Crippen LogP contribution in [0.3, 0.4) is 0 Å². The summed E-state index contributed by atoms with van der Waals surface area (Å²) in [5.41, 5.74) is -0.609. The quantitative estimate of drug-likeness (QED) is 0.473. The number of benzene rings is 1. The molecule has 0 saturated carbocycles. The zero-order valence-corrected chi connectivity index (χ0v) is 12.3. The first-order valence-electron chi connectivity index (χ1n) is 6.73. The summed E-state index contributed by atoms with van der Waals surface area (Å²) in [5, 5.41) is 14.0. The van der Waals surface area contributed by atoms with Crippen molar-refractivity contribution in [1.82, 2.24) is 0 Å². The second-order valence-corrected chi connectivity index (χ2v) is 4.79. The molecule has 21 heavy (non-hydrogen) atoms. The van der Waals surface area contributed by atoms with E-state index in [1.807, 2.05) is 13.8 Å². The fraction of sp³-hybridized carbons (Fsp3) is 0.500. The molecule has 7 heteroatoms. The standard InChI is InChI=1S/C14H19FN2O4/c1-4-5-6-9(2)16-12-7-10(14(18)21-3)11(15)8-13(12)17(19)20/h7-9,16H,4-6H2,1-3H3. The second kappa shape index (κ2) is 7.56. The number of esters is 1. The third-order valence-electron chi connectivity index (χ3n) is 3.08. The van der Waals surface area contributed by atoms with Crippen LogP contribution in [-0.4, -0.2) is 24.0 Å². The highest BCUT2D eigenvalue weighted by molar-refractivity contribution is 5.92. The minimum absolute atomic E-state index is 0.0281. The van der Waals surface area contributed by atoms with Crippen LogP contribution in [0.4, 0.5) is 15.8 Å². The lowest BCUT2D eigenvalue weighted by Crippen LogP contribution is -2.17. The summed E-state index contributed by atoms with van der Waals surface area (Å²) in [6.07, 6.45) is 2.79. The van der Waals surface area contributed by atoms with Crippen molar-refractivity contribution < 1.29 is 18.8 Å². The first-order chi connectivity index (χ1) is 9.90. The second-order valence-electron chi connectivity index (χ2n) is 4.79. The van der Waals surface area contributed by atoms with E-state index in [1.165, 1.54) is 0 Å². The fourth-order valence-corrected chi connectivity index (χ4v) is 1.94. The number of hydrogen-bond donors (Lipinski definition) is 1.